The minimum Gasteiger partial charge on any atom is -0.481 e. The van der Waals surface area contributed by atoms with Gasteiger partial charge in [0.15, 0.2) is 0 Å². The fourth-order valence-corrected chi connectivity index (χ4v) is 0.693. The van der Waals surface area contributed by atoms with E-state index in [0.29, 0.717) is 39.6 Å². The number of carbonyl (C=O) groups is 1. The maximum Gasteiger partial charge on any atom is 0.300 e. The van der Waals surface area contributed by atoms with Gasteiger partial charge in [0.05, 0.1) is 79.3 Å². The van der Waals surface area contributed by atoms with Crippen molar-refractivity contribution in [2.45, 2.75) is 6.92 Å². The normalized spacial score (nSPS) is 8.92. The number of rotatable bonds is 12. The van der Waals surface area contributed by atoms with Crippen molar-refractivity contribution in [3.8, 4) is 0 Å². The smallest absolute Gasteiger partial charge is 0.300 e. The molecule has 0 heterocycles. The molecular weight excluding hydrogens is 344 g/mol. The van der Waals surface area contributed by atoms with Gasteiger partial charge in [0.1, 0.15) is 0 Å². The first-order valence-electron chi connectivity index (χ1n) is 7.56. The maximum atomic E-state index is 9.00. The zero-order valence-electron chi connectivity index (χ0n) is 14.7. The molecule has 0 aliphatic carbocycles. The second-order valence-corrected chi connectivity index (χ2v) is 3.70. The second-order valence-electron chi connectivity index (χ2n) is 3.70. The molecule has 0 bridgehead atoms. The van der Waals surface area contributed by atoms with Crippen LogP contribution < -0.4 is 0 Å². The van der Waals surface area contributed by atoms with Crippen molar-refractivity contribution >= 4 is 5.97 Å². The second kappa shape index (κ2) is 38.6. The third-order valence-electron chi connectivity index (χ3n) is 1.41. The Balaban J connectivity index is -0.000000120. The highest BCUT2D eigenvalue weighted by molar-refractivity contribution is 5.62. The third-order valence-corrected chi connectivity index (χ3v) is 1.41. The molecule has 156 valence electrons. The summed E-state index contributed by atoms with van der Waals surface area (Å²) in [5.74, 6) is -0.833. The molecule has 11 heteroatoms. The number of carboxylic acids is 1. The van der Waals surface area contributed by atoms with Crippen LogP contribution in [0.25, 0.3) is 0 Å². The van der Waals surface area contributed by atoms with E-state index in [9.17, 15) is 0 Å². The Bertz CT molecular complexity index is 165. The van der Waals surface area contributed by atoms with E-state index in [-0.39, 0.29) is 39.6 Å². The molecule has 0 aromatic heterocycles. The van der Waals surface area contributed by atoms with Gasteiger partial charge < -0.3 is 50.0 Å². The quantitative estimate of drug-likeness (QED) is 0.172. The molecule has 11 nitrogen and oxygen atoms in total. The lowest BCUT2D eigenvalue weighted by molar-refractivity contribution is -0.134. The van der Waals surface area contributed by atoms with E-state index in [1.807, 2.05) is 0 Å². The minimum atomic E-state index is -0.833. The molecular formula is C14H34O11. The lowest BCUT2D eigenvalue weighted by Crippen LogP contribution is -2.03. The predicted molar refractivity (Wildman–Crippen MR) is 88.3 cm³/mol. The van der Waals surface area contributed by atoms with Gasteiger partial charge >= 0.3 is 0 Å². The molecule has 25 heavy (non-hydrogen) atoms. The summed E-state index contributed by atoms with van der Waals surface area (Å²) < 4.78 is 13.9. The molecule has 0 saturated heterocycles. The Morgan fingerprint density at radius 3 is 0.760 bits per heavy atom. The van der Waals surface area contributed by atoms with E-state index in [1.165, 1.54) is 0 Å². The number of aliphatic hydroxyl groups is 6. The van der Waals surface area contributed by atoms with Gasteiger partial charge in [-0.15, -0.1) is 0 Å². The summed E-state index contributed by atoms with van der Waals surface area (Å²) in [6.07, 6.45) is 0. The average Bonchev–Trinajstić information content (AvgIpc) is 2.57. The van der Waals surface area contributed by atoms with E-state index >= 15 is 0 Å². The van der Waals surface area contributed by atoms with Crippen LogP contribution in [-0.2, 0) is 19.0 Å². The monoisotopic (exact) mass is 378 g/mol. The van der Waals surface area contributed by atoms with E-state index in [2.05, 4.69) is 14.2 Å². The lowest BCUT2D eigenvalue weighted by atomic mass is 10.7. The van der Waals surface area contributed by atoms with Crippen molar-refractivity contribution < 1.29 is 54.8 Å². The molecule has 0 radical (unpaired) electrons. The number of aliphatic carboxylic acids is 1. The third kappa shape index (κ3) is 83.4. The molecule has 0 saturated carbocycles. The molecule has 0 aromatic rings. The Morgan fingerprint density at radius 1 is 0.560 bits per heavy atom. The van der Waals surface area contributed by atoms with Crippen molar-refractivity contribution in [3.05, 3.63) is 0 Å². The number of hydrogen-bond donors (Lipinski definition) is 7. The first kappa shape index (κ1) is 31.8. The van der Waals surface area contributed by atoms with Crippen LogP contribution in [-0.4, -0.2) is 121 Å². The van der Waals surface area contributed by atoms with Crippen LogP contribution in [0.4, 0.5) is 0 Å². The van der Waals surface area contributed by atoms with Crippen LogP contribution in [0, 0.1) is 0 Å². The molecule has 0 aliphatic heterocycles. The van der Waals surface area contributed by atoms with Gasteiger partial charge in [0, 0.05) is 6.92 Å². The topological polar surface area (TPSA) is 186 Å². The Morgan fingerprint density at radius 2 is 0.680 bits per heavy atom. The number of ether oxygens (including phenoxy) is 3. The number of hydrogen-bond acceptors (Lipinski definition) is 10. The molecule has 0 aromatic carbocycles. The molecule has 0 rings (SSSR count). The van der Waals surface area contributed by atoms with Crippen molar-refractivity contribution in [1.82, 2.24) is 0 Å². The van der Waals surface area contributed by atoms with Gasteiger partial charge in [-0.1, -0.05) is 0 Å². The summed E-state index contributed by atoms with van der Waals surface area (Å²) >= 11 is 0. The van der Waals surface area contributed by atoms with Gasteiger partial charge in [-0.2, -0.15) is 0 Å². The van der Waals surface area contributed by atoms with Crippen LogP contribution >= 0.6 is 0 Å². The average molecular weight is 378 g/mol. The molecule has 0 unspecified atom stereocenters. The zero-order chi connectivity index (χ0) is 20.2. The lowest BCUT2D eigenvalue weighted by Gasteiger charge is -1.94. The van der Waals surface area contributed by atoms with Gasteiger partial charge in [0.25, 0.3) is 5.97 Å². The van der Waals surface area contributed by atoms with Crippen LogP contribution in [0.2, 0.25) is 0 Å². The largest absolute Gasteiger partial charge is 0.481 e. The summed E-state index contributed by atoms with van der Waals surface area (Å²) in [6.45, 7) is 3.17. The predicted octanol–water partition coefficient (Wildman–Crippen LogP) is -2.95. The first-order valence-corrected chi connectivity index (χ1v) is 7.56. The molecule has 0 amide bonds. The van der Waals surface area contributed by atoms with E-state index in [0.717, 1.165) is 6.92 Å². The van der Waals surface area contributed by atoms with Gasteiger partial charge in [0.2, 0.25) is 0 Å². The van der Waals surface area contributed by atoms with Gasteiger partial charge in [-0.3, -0.25) is 4.79 Å². The van der Waals surface area contributed by atoms with Crippen LogP contribution in [0.15, 0.2) is 0 Å². The summed E-state index contributed by atoms with van der Waals surface area (Å²) in [5, 5.41) is 55.9. The number of aliphatic hydroxyl groups excluding tert-OH is 6. The molecule has 0 spiro atoms. The van der Waals surface area contributed by atoms with Crippen LogP contribution in [0.1, 0.15) is 6.92 Å². The van der Waals surface area contributed by atoms with Crippen molar-refractivity contribution in [2.24, 2.45) is 0 Å². The molecule has 7 N–H and O–H groups in total. The van der Waals surface area contributed by atoms with E-state index in [4.69, 9.17) is 40.5 Å². The Kier molecular flexibility index (Phi) is 49.1. The molecule has 0 aliphatic rings. The van der Waals surface area contributed by atoms with Crippen molar-refractivity contribution in [1.29, 1.82) is 0 Å². The standard InChI is InChI=1S/3C4H10O3.C2H4O2/c3*5-1-3-7-4-2-6;1-2(3)4/h3*5-6H,1-4H2;1H3,(H,3,4). The van der Waals surface area contributed by atoms with Crippen LogP contribution in [0.5, 0.6) is 0 Å². The highest BCUT2D eigenvalue weighted by Crippen LogP contribution is 1.69. The fourth-order valence-electron chi connectivity index (χ4n) is 0.693. The summed E-state index contributed by atoms with van der Waals surface area (Å²) in [6, 6.07) is 0. The van der Waals surface area contributed by atoms with E-state index < -0.39 is 5.97 Å². The van der Waals surface area contributed by atoms with Crippen molar-refractivity contribution in [3.63, 3.8) is 0 Å². The summed E-state index contributed by atoms with van der Waals surface area (Å²) in [5.41, 5.74) is 0. The first-order chi connectivity index (χ1) is 12.0. The van der Waals surface area contributed by atoms with Crippen molar-refractivity contribution in [2.75, 3.05) is 79.3 Å². The van der Waals surface area contributed by atoms with Gasteiger partial charge in [-0.25, -0.2) is 0 Å². The summed E-state index contributed by atoms with van der Waals surface area (Å²) in [4.78, 5) is 9.00. The van der Waals surface area contributed by atoms with Crippen LogP contribution in [0.3, 0.4) is 0 Å². The maximum absolute atomic E-state index is 9.00. The SMILES string of the molecule is CC(=O)O.OCCOCCO.OCCOCCO.OCCOCCO. The fraction of sp³-hybridized carbons (Fsp3) is 0.929. The molecule has 0 atom stereocenters. The molecule has 0 fully saturated rings. The summed E-state index contributed by atoms with van der Waals surface area (Å²) in [7, 11) is 0. The van der Waals surface area contributed by atoms with Gasteiger partial charge in [-0.05, 0) is 0 Å². The Labute approximate surface area is 148 Å². The number of carboxylic acid groups (broad SMARTS) is 1. The zero-order valence-corrected chi connectivity index (χ0v) is 14.7. The minimum absolute atomic E-state index is 0.0278. The Hall–Kier alpha value is -0.890. The van der Waals surface area contributed by atoms with E-state index in [1.54, 1.807) is 0 Å². The highest BCUT2D eigenvalue weighted by Gasteiger charge is 1.80. The highest BCUT2D eigenvalue weighted by atomic mass is 16.5.